The maximum atomic E-state index is 11.7. The largest absolute Gasteiger partial charge is 0.377 e. The van der Waals surface area contributed by atoms with Gasteiger partial charge in [-0.3, -0.25) is 4.79 Å². The molecule has 0 aliphatic heterocycles. The molecule has 0 bridgehead atoms. The molecule has 2 saturated carbocycles. The molecular formula is C21H26O2. The van der Waals surface area contributed by atoms with Crippen LogP contribution >= 0.6 is 0 Å². The van der Waals surface area contributed by atoms with Crippen LogP contribution < -0.4 is 0 Å². The van der Waals surface area contributed by atoms with Crippen LogP contribution in [0, 0.1) is 41.4 Å². The van der Waals surface area contributed by atoms with Gasteiger partial charge in [-0.1, -0.05) is 25.0 Å². The lowest BCUT2D eigenvalue weighted by molar-refractivity contribution is -0.116. The smallest absolute Gasteiger partial charge is 0.155 e. The Morgan fingerprint density at radius 2 is 2.17 bits per heavy atom. The molecule has 0 heterocycles. The topological polar surface area (TPSA) is 37.3 Å². The van der Waals surface area contributed by atoms with Gasteiger partial charge in [-0.2, -0.15) is 0 Å². The second kappa shape index (κ2) is 5.08. The van der Waals surface area contributed by atoms with Crippen LogP contribution in [0.15, 0.2) is 23.8 Å². The molecule has 4 aliphatic rings. The monoisotopic (exact) mass is 310 g/mol. The molecule has 0 aromatic carbocycles. The van der Waals surface area contributed by atoms with Crippen molar-refractivity contribution in [2.75, 3.05) is 0 Å². The summed E-state index contributed by atoms with van der Waals surface area (Å²) < 4.78 is 0. The summed E-state index contributed by atoms with van der Waals surface area (Å²) in [7, 11) is 0. The SMILES string of the molecule is C#C[C@]1(O)CCC2C3C=CC4=CC(=O)CCC4C3CC[C@@]21CC. The average molecular weight is 310 g/mol. The van der Waals surface area contributed by atoms with Crippen molar-refractivity contribution in [1.29, 1.82) is 0 Å². The first-order valence-electron chi connectivity index (χ1n) is 9.17. The van der Waals surface area contributed by atoms with Crippen LogP contribution in [0.2, 0.25) is 0 Å². The van der Waals surface area contributed by atoms with E-state index in [2.05, 4.69) is 25.0 Å². The Balaban J connectivity index is 1.73. The van der Waals surface area contributed by atoms with Gasteiger partial charge in [-0.15, -0.1) is 6.42 Å². The lowest BCUT2D eigenvalue weighted by Gasteiger charge is -2.54. The molecule has 0 saturated heterocycles. The molecule has 6 atom stereocenters. The second-order valence-electron chi connectivity index (χ2n) is 8.05. The average Bonchev–Trinajstić information content (AvgIpc) is 2.88. The number of carbonyl (C=O) groups excluding carboxylic acids is 1. The number of terminal acetylenes is 1. The molecule has 4 unspecified atom stereocenters. The van der Waals surface area contributed by atoms with Crippen molar-refractivity contribution in [2.45, 2.75) is 57.5 Å². The number of hydrogen-bond acceptors (Lipinski definition) is 2. The van der Waals surface area contributed by atoms with Crippen LogP contribution in [0.5, 0.6) is 0 Å². The number of aliphatic hydroxyl groups is 1. The second-order valence-corrected chi connectivity index (χ2v) is 8.05. The zero-order valence-electron chi connectivity index (χ0n) is 13.9. The van der Waals surface area contributed by atoms with Gasteiger partial charge in [-0.05, 0) is 73.8 Å². The first-order chi connectivity index (χ1) is 11.0. The third kappa shape index (κ3) is 1.89. The summed E-state index contributed by atoms with van der Waals surface area (Å²) in [5, 5.41) is 11.1. The van der Waals surface area contributed by atoms with Gasteiger partial charge in [0.15, 0.2) is 5.78 Å². The molecule has 122 valence electrons. The molecule has 4 aliphatic carbocycles. The number of carbonyl (C=O) groups is 1. The molecule has 1 N–H and O–H groups in total. The molecule has 23 heavy (non-hydrogen) atoms. The fourth-order valence-electron chi connectivity index (χ4n) is 6.44. The van der Waals surface area contributed by atoms with Crippen LogP contribution in [0.3, 0.4) is 0 Å². The summed E-state index contributed by atoms with van der Waals surface area (Å²) in [6.07, 6.45) is 18.7. The zero-order valence-corrected chi connectivity index (χ0v) is 13.9. The number of ketones is 1. The molecule has 4 rings (SSSR count). The zero-order chi connectivity index (χ0) is 16.2. The van der Waals surface area contributed by atoms with Gasteiger partial charge in [0.25, 0.3) is 0 Å². The van der Waals surface area contributed by atoms with Gasteiger partial charge in [0.05, 0.1) is 0 Å². The summed E-state index contributed by atoms with van der Waals surface area (Å²) in [4.78, 5) is 11.7. The molecule has 0 aromatic heterocycles. The number of rotatable bonds is 1. The fourth-order valence-corrected chi connectivity index (χ4v) is 6.44. The number of hydrogen-bond donors (Lipinski definition) is 1. The third-order valence-electron chi connectivity index (χ3n) is 7.59. The minimum absolute atomic E-state index is 0.112. The Bertz CT molecular complexity index is 637. The predicted molar refractivity (Wildman–Crippen MR) is 90.4 cm³/mol. The normalized spacial score (nSPS) is 48.0. The van der Waals surface area contributed by atoms with Gasteiger partial charge >= 0.3 is 0 Å². The quantitative estimate of drug-likeness (QED) is 0.751. The molecule has 2 fully saturated rings. The number of allylic oxidation sites excluding steroid dienone is 4. The molecule has 0 spiro atoms. The van der Waals surface area contributed by atoms with Crippen molar-refractivity contribution in [3.05, 3.63) is 23.8 Å². The van der Waals surface area contributed by atoms with Crippen LogP contribution in [0.25, 0.3) is 0 Å². The summed E-state index contributed by atoms with van der Waals surface area (Å²) in [6.45, 7) is 2.19. The van der Waals surface area contributed by atoms with E-state index in [1.54, 1.807) is 0 Å². The summed E-state index contributed by atoms with van der Waals surface area (Å²) in [5.74, 6) is 5.21. The number of fused-ring (bicyclic) bond motifs is 5. The highest BCUT2D eigenvalue weighted by Gasteiger charge is 2.62. The van der Waals surface area contributed by atoms with E-state index in [0.717, 1.165) is 38.5 Å². The van der Waals surface area contributed by atoms with Crippen molar-refractivity contribution in [3.8, 4) is 12.3 Å². The lowest BCUT2D eigenvalue weighted by atomic mass is 9.51. The highest BCUT2D eigenvalue weighted by atomic mass is 16.3. The third-order valence-corrected chi connectivity index (χ3v) is 7.59. The van der Waals surface area contributed by atoms with Gasteiger partial charge < -0.3 is 5.11 Å². The Labute approximate surface area is 139 Å². The van der Waals surface area contributed by atoms with Gasteiger partial charge in [0.1, 0.15) is 5.60 Å². The minimum Gasteiger partial charge on any atom is -0.377 e. The van der Waals surface area contributed by atoms with Gasteiger partial charge in [0, 0.05) is 11.8 Å². The van der Waals surface area contributed by atoms with E-state index in [-0.39, 0.29) is 11.2 Å². The molecule has 0 amide bonds. The van der Waals surface area contributed by atoms with Crippen molar-refractivity contribution in [2.24, 2.45) is 29.1 Å². The van der Waals surface area contributed by atoms with Crippen LogP contribution in [-0.2, 0) is 4.79 Å². The first kappa shape index (κ1) is 15.2. The molecule has 0 aromatic rings. The summed E-state index contributed by atoms with van der Waals surface area (Å²) in [5.41, 5.74) is 0.208. The first-order valence-corrected chi connectivity index (χ1v) is 9.17. The highest BCUT2D eigenvalue weighted by Crippen LogP contribution is 2.64. The maximum absolute atomic E-state index is 11.7. The van der Waals surface area contributed by atoms with E-state index in [1.807, 2.05) is 6.08 Å². The molecular weight excluding hydrogens is 284 g/mol. The van der Waals surface area contributed by atoms with E-state index in [0.29, 0.717) is 30.1 Å². The maximum Gasteiger partial charge on any atom is 0.155 e. The van der Waals surface area contributed by atoms with E-state index < -0.39 is 5.60 Å². The van der Waals surface area contributed by atoms with Gasteiger partial charge in [0.2, 0.25) is 0 Å². The Kier molecular flexibility index (Phi) is 3.36. The van der Waals surface area contributed by atoms with Crippen molar-refractivity contribution in [3.63, 3.8) is 0 Å². The molecule has 2 nitrogen and oxygen atoms in total. The Hall–Kier alpha value is -1.33. The van der Waals surface area contributed by atoms with Crippen molar-refractivity contribution in [1.82, 2.24) is 0 Å². The molecule has 2 heteroatoms. The minimum atomic E-state index is -0.927. The fraction of sp³-hybridized carbons (Fsp3) is 0.667. The Morgan fingerprint density at radius 1 is 1.35 bits per heavy atom. The predicted octanol–water partition coefficient (Wildman–Crippen LogP) is 3.66. The van der Waals surface area contributed by atoms with E-state index in [4.69, 9.17) is 6.42 Å². The van der Waals surface area contributed by atoms with E-state index >= 15 is 0 Å². The lowest BCUT2D eigenvalue weighted by Crippen LogP contribution is -2.52. The van der Waals surface area contributed by atoms with Crippen LogP contribution in [0.4, 0.5) is 0 Å². The summed E-state index contributed by atoms with van der Waals surface area (Å²) >= 11 is 0. The van der Waals surface area contributed by atoms with Gasteiger partial charge in [-0.25, -0.2) is 0 Å². The highest BCUT2D eigenvalue weighted by molar-refractivity contribution is 5.91. The standard InChI is InChI=1S/C21H26O2/c1-3-20-11-9-17-16-8-6-15(22)13-14(16)5-7-18(17)19(20)10-12-21(20,23)4-2/h2,5,7,13,16-19,23H,3,6,8-12H2,1H3/t16?,17?,18?,19?,20-,21-/m0/s1. The Morgan fingerprint density at radius 3 is 2.91 bits per heavy atom. The van der Waals surface area contributed by atoms with E-state index in [1.165, 1.54) is 5.57 Å². The van der Waals surface area contributed by atoms with E-state index in [9.17, 15) is 9.90 Å². The van der Waals surface area contributed by atoms with Crippen LogP contribution in [0.1, 0.15) is 51.9 Å². The van der Waals surface area contributed by atoms with Crippen LogP contribution in [-0.4, -0.2) is 16.5 Å². The van der Waals surface area contributed by atoms with Crippen molar-refractivity contribution < 1.29 is 9.90 Å². The van der Waals surface area contributed by atoms with Crippen molar-refractivity contribution >= 4 is 5.78 Å². The summed E-state index contributed by atoms with van der Waals surface area (Å²) in [6, 6.07) is 0. The molecule has 0 radical (unpaired) electrons.